The van der Waals surface area contributed by atoms with Gasteiger partial charge in [-0.3, -0.25) is 29.3 Å². The molecule has 37 heavy (non-hydrogen) atoms. The van der Waals surface area contributed by atoms with Crippen molar-refractivity contribution in [3.63, 3.8) is 0 Å². The molecule has 1 aliphatic carbocycles. The van der Waals surface area contributed by atoms with Crippen LogP contribution in [0.15, 0.2) is 60.2 Å². The van der Waals surface area contributed by atoms with E-state index in [1.165, 1.54) is 36.4 Å². The number of hydrogen-bond acceptors (Lipinski definition) is 6. The summed E-state index contributed by atoms with van der Waals surface area (Å²) in [4.78, 5) is 65.1. The minimum Gasteiger partial charge on any atom is -0.292 e. The van der Waals surface area contributed by atoms with Gasteiger partial charge in [0.2, 0.25) is 0 Å². The van der Waals surface area contributed by atoms with Crippen molar-refractivity contribution in [2.24, 2.45) is 11.8 Å². The Labute approximate surface area is 222 Å². The number of non-ortho nitro benzene ring substituents is 1. The van der Waals surface area contributed by atoms with Gasteiger partial charge in [-0.25, -0.2) is 5.01 Å². The van der Waals surface area contributed by atoms with E-state index in [0.717, 1.165) is 27.7 Å². The Balaban J connectivity index is 1.80. The quantitative estimate of drug-likeness (QED) is 0.117. The molecule has 11 heteroatoms. The van der Waals surface area contributed by atoms with Crippen LogP contribution in [-0.2, 0) is 9.59 Å². The van der Waals surface area contributed by atoms with Crippen LogP contribution in [0, 0.1) is 22.0 Å². The number of halogens is 2. The third-order valence-electron chi connectivity index (χ3n) is 6.66. The third kappa shape index (κ3) is 5.14. The molecular weight excluding hydrogens is 521 g/mol. The van der Waals surface area contributed by atoms with Crippen molar-refractivity contribution in [3.05, 3.63) is 86.4 Å². The van der Waals surface area contributed by atoms with Crippen LogP contribution < -0.4 is 0 Å². The lowest BCUT2D eigenvalue weighted by molar-refractivity contribution is -0.384. The van der Waals surface area contributed by atoms with Crippen molar-refractivity contribution in [2.75, 3.05) is 5.88 Å². The molecule has 3 atom stereocenters. The topological polar surface area (TPSA) is 118 Å². The Morgan fingerprint density at radius 3 is 2.24 bits per heavy atom. The lowest BCUT2D eigenvalue weighted by atomic mass is 9.82. The van der Waals surface area contributed by atoms with Gasteiger partial charge in [-0.15, -0.1) is 11.6 Å². The molecule has 1 aliphatic heterocycles. The number of hydrazine groups is 1. The minimum absolute atomic E-state index is 0.0288. The Kier molecular flexibility index (Phi) is 7.75. The fourth-order valence-corrected chi connectivity index (χ4v) is 5.07. The fourth-order valence-electron chi connectivity index (χ4n) is 4.74. The van der Waals surface area contributed by atoms with E-state index in [0.29, 0.717) is 17.9 Å². The average molecular weight is 544 g/mol. The molecule has 9 nitrogen and oxygen atoms in total. The van der Waals surface area contributed by atoms with E-state index in [9.17, 15) is 29.3 Å². The number of hydrogen-bond donors (Lipinski definition) is 0. The second-order valence-corrected chi connectivity index (χ2v) is 9.82. The highest BCUT2D eigenvalue weighted by atomic mass is 35.5. The molecule has 2 aliphatic rings. The molecule has 0 unspecified atom stereocenters. The number of imide groups is 1. The third-order valence-corrected chi connectivity index (χ3v) is 7.13. The van der Waals surface area contributed by atoms with E-state index in [4.69, 9.17) is 23.2 Å². The van der Waals surface area contributed by atoms with Gasteiger partial charge in [-0.1, -0.05) is 23.3 Å². The van der Waals surface area contributed by atoms with Gasteiger partial charge < -0.3 is 0 Å². The fraction of sp³-hybridized carbons (Fsp3) is 0.308. The van der Waals surface area contributed by atoms with Crippen molar-refractivity contribution in [1.29, 1.82) is 0 Å². The largest absolute Gasteiger partial charge is 0.292 e. The average Bonchev–Trinajstić information content (AvgIpc) is 3.12. The number of alkyl halides is 1. The number of Topliss-reactive ketones (excluding diaryl/α,β-unsaturated/α-hetero) is 1. The second kappa shape index (κ2) is 10.8. The van der Waals surface area contributed by atoms with Crippen LogP contribution in [0.4, 0.5) is 5.69 Å². The summed E-state index contributed by atoms with van der Waals surface area (Å²) in [7, 11) is 0. The summed E-state index contributed by atoms with van der Waals surface area (Å²) in [6.07, 6.45) is 2.57. The number of ketones is 1. The molecule has 2 aromatic rings. The first-order valence-electron chi connectivity index (χ1n) is 11.6. The maximum atomic E-state index is 13.9. The monoisotopic (exact) mass is 543 g/mol. The minimum atomic E-state index is -1.29. The zero-order chi connectivity index (χ0) is 26.9. The number of nitro benzene ring substituents is 1. The van der Waals surface area contributed by atoms with Gasteiger partial charge in [0.1, 0.15) is 6.04 Å². The lowest BCUT2D eigenvalue weighted by Crippen LogP contribution is -2.57. The number of nitro groups is 1. The summed E-state index contributed by atoms with van der Waals surface area (Å²) in [6.45, 7) is 1.87. The van der Waals surface area contributed by atoms with Crippen molar-refractivity contribution >= 4 is 52.4 Å². The van der Waals surface area contributed by atoms with Gasteiger partial charge >= 0.3 is 0 Å². The molecule has 4 rings (SSSR count). The summed E-state index contributed by atoms with van der Waals surface area (Å²) < 4.78 is 0. The summed E-state index contributed by atoms with van der Waals surface area (Å²) in [5, 5.41) is 13.2. The number of allylic oxidation sites excluding steroid dienone is 2. The molecule has 0 saturated carbocycles. The standard InChI is InChI=1S/C26H23Cl2N3O6/c1-15-2-11-20-21(14-15)26(35)30(25(20)34)29(24(33)17-5-9-19(10-6-17)31(36)37)22(12-13-27)23(32)16-3-7-18(28)8-4-16/h2-10,20-22H,11-14H2,1H3/t20-,21-,22+/m0/s1. The Morgan fingerprint density at radius 2 is 1.65 bits per heavy atom. The predicted octanol–water partition coefficient (Wildman–Crippen LogP) is 4.83. The van der Waals surface area contributed by atoms with Crippen LogP contribution in [0.3, 0.4) is 0 Å². The molecule has 1 heterocycles. The van der Waals surface area contributed by atoms with Crippen molar-refractivity contribution in [2.45, 2.75) is 32.2 Å². The van der Waals surface area contributed by atoms with Crippen LogP contribution in [0.5, 0.6) is 0 Å². The van der Waals surface area contributed by atoms with Gasteiger partial charge in [0.05, 0.1) is 16.8 Å². The molecule has 3 amide bonds. The number of amides is 3. The second-order valence-electron chi connectivity index (χ2n) is 9.01. The van der Waals surface area contributed by atoms with E-state index in [-0.39, 0.29) is 29.1 Å². The van der Waals surface area contributed by atoms with E-state index < -0.39 is 46.3 Å². The molecular formula is C26H23Cl2N3O6. The SMILES string of the molecule is CC1=CC[C@@H]2C(=O)N(N(C(=O)c3ccc([N+](=O)[O-])cc3)[C@H](CCCl)C(=O)c3ccc(Cl)cc3)C(=O)[C@H]2C1. The van der Waals surface area contributed by atoms with E-state index in [1.807, 2.05) is 13.0 Å². The maximum Gasteiger partial charge on any atom is 0.273 e. The molecule has 0 radical (unpaired) electrons. The predicted molar refractivity (Wildman–Crippen MR) is 136 cm³/mol. The smallest absolute Gasteiger partial charge is 0.273 e. The Hall–Kier alpha value is -3.56. The first-order valence-corrected chi connectivity index (χ1v) is 12.5. The molecule has 1 saturated heterocycles. The molecule has 0 spiro atoms. The number of benzene rings is 2. The van der Waals surface area contributed by atoms with Crippen LogP contribution in [0.1, 0.15) is 46.9 Å². The van der Waals surface area contributed by atoms with E-state index >= 15 is 0 Å². The number of carbonyl (C=O) groups is 4. The first kappa shape index (κ1) is 26.5. The zero-order valence-electron chi connectivity index (χ0n) is 19.8. The molecule has 1 fully saturated rings. The van der Waals surface area contributed by atoms with E-state index in [1.54, 1.807) is 0 Å². The van der Waals surface area contributed by atoms with Gasteiger partial charge in [-0.2, -0.15) is 5.01 Å². The van der Waals surface area contributed by atoms with Gasteiger partial charge in [-0.05, 0) is 62.6 Å². The maximum absolute atomic E-state index is 13.9. The highest BCUT2D eigenvalue weighted by molar-refractivity contribution is 6.30. The number of rotatable bonds is 8. The molecule has 0 bridgehead atoms. The number of fused-ring (bicyclic) bond motifs is 1. The number of nitrogens with zero attached hydrogens (tertiary/aromatic N) is 3. The molecule has 2 aromatic carbocycles. The van der Waals surface area contributed by atoms with Gasteiger partial charge in [0.25, 0.3) is 23.4 Å². The van der Waals surface area contributed by atoms with Crippen LogP contribution in [-0.4, -0.2) is 50.4 Å². The molecule has 0 aromatic heterocycles. The zero-order valence-corrected chi connectivity index (χ0v) is 21.3. The van der Waals surface area contributed by atoms with Crippen LogP contribution >= 0.6 is 23.2 Å². The van der Waals surface area contributed by atoms with Crippen molar-refractivity contribution in [3.8, 4) is 0 Å². The highest BCUT2D eigenvalue weighted by Gasteiger charge is 2.53. The Bertz CT molecular complexity index is 1290. The highest BCUT2D eigenvalue weighted by Crippen LogP contribution is 2.39. The summed E-state index contributed by atoms with van der Waals surface area (Å²) >= 11 is 12.0. The molecule has 0 N–H and O–H groups in total. The van der Waals surface area contributed by atoms with Gasteiger partial charge in [0, 0.05) is 34.2 Å². The van der Waals surface area contributed by atoms with Crippen molar-refractivity contribution < 1.29 is 24.1 Å². The van der Waals surface area contributed by atoms with Crippen LogP contribution in [0.25, 0.3) is 0 Å². The van der Waals surface area contributed by atoms with Crippen LogP contribution in [0.2, 0.25) is 5.02 Å². The lowest BCUT2D eigenvalue weighted by Gasteiger charge is -2.36. The van der Waals surface area contributed by atoms with E-state index in [2.05, 4.69) is 0 Å². The normalized spacial score (nSPS) is 19.8. The van der Waals surface area contributed by atoms with Gasteiger partial charge in [0.15, 0.2) is 5.78 Å². The number of carbonyl (C=O) groups excluding carboxylic acids is 4. The Morgan fingerprint density at radius 1 is 1.05 bits per heavy atom. The molecule has 192 valence electrons. The van der Waals surface area contributed by atoms with Crippen molar-refractivity contribution in [1.82, 2.24) is 10.0 Å². The summed E-state index contributed by atoms with van der Waals surface area (Å²) in [5.41, 5.74) is 0.916. The summed E-state index contributed by atoms with van der Waals surface area (Å²) in [5.74, 6) is -3.83. The summed E-state index contributed by atoms with van der Waals surface area (Å²) in [6, 6.07) is 9.46. The first-order chi connectivity index (χ1) is 17.6.